The number of hydrogen-bond donors (Lipinski definition) is 1. The Bertz CT molecular complexity index is 838. The molecule has 0 aliphatic carbocycles. The fourth-order valence-electron chi connectivity index (χ4n) is 2.46. The van der Waals surface area contributed by atoms with Gasteiger partial charge in [-0.1, -0.05) is 19.9 Å². The second kappa shape index (κ2) is 10.2. The maximum Gasteiger partial charge on any atom is 0.328 e. The molecule has 1 atom stereocenters. The number of esters is 1. The molecule has 1 aromatic carbocycles. The fraction of sp³-hybridized carbons (Fsp3) is 0.286. The Balaban J connectivity index is 2.01. The first kappa shape index (κ1) is 21.1. The predicted molar refractivity (Wildman–Crippen MR) is 103 cm³/mol. The van der Waals surface area contributed by atoms with Crippen molar-refractivity contribution in [2.24, 2.45) is 5.92 Å². The molecule has 1 N–H and O–H groups in total. The van der Waals surface area contributed by atoms with E-state index >= 15 is 0 Å². The van der Waals surface area contributed by atoms with E-state index in [0.29, 0.717) is 17.7 Å². The highest BCUT2D eigenvalue weighted by Crippen LogP contribution is 2.24. The zero-order valence-corrected chi connectivity index (χ0v) is 16.0. The number of pyridine rings is 1. The Kier molecular flexibility index (Phi) is 7.68. The van der Waals surface area contributed by atoms with Crippen LogP contribution in [0.2, 0.25) is 0 Å². The quantitative estimate of drug-likeness (QED) is 0.553. The number of rotatable bonds is 8. The third kappa shape index (κ3) is 6.50. The van der Waals surface area contributed by atoms with Gasteiger partial charge in [0, 0.05) is 12.3 Å². The highest BCUT2D eigenvalue weighted by Gasteiger charge is 2.21. The van der Waals surface area contributed by atoms with Crippen molar-refractivity contribution in [2.45, 2.75) is 26.3 Å². The minimum absolute atomic E-state index is 0.0530. The summed E-state index contributed by atoms with van der Waals surface area (Å²) in [6.45, 7) is 3.88. The molecule has 1 unspecified atom stereocenters. The number of hydrogen-bond acceptors (Lipinski definition) is 5. The molecule has 6 nitrogen and oxygen atoms in total. The van der Waals surface area contributed by atoms with Crippen LogP contribution in [0.15, 0.2) is 48.8 Å². The molecule has 2 rings (SSSR count). The van der Waals surface area contributed by atoms with Gasteiger partial charge in [-0.15, -0.1) is 0 Å². The van der Waals surface area contributed by atoms with Crippen molar-refractivity contribution >= 4 is 18.0 Å². The number of nitrogens with one attached hydrogen (secondary N) is 1. The summed E-state index contributed by atoms with van der Waals surface area (Å²) >= 11 is 0. The minimum Gasteiger partial charge on any atom is -0.467 e. The Labute approximate surface area is 163 Å². The van der Waals surface area contributed by atoms with E-state index in [1.54, 1.807) is 24.4 Å². The minimum atomic E-state index is -0.728. The molecule has 1 amide bonds. The highest BCUT2D eigenvalue weighted by atomic mass is 19.1. The number of benzene rings is 1. The largest absolute Gasteiger partial charge is 0.467 e. The van der Waals surface area contributed by atoms with Crippen LogP contribution < -0.4 is 10.1 Å². The summed E-state index contributed by atoms with van der Waals surface area (Å²) in [4.78, 5) is 27.8. The van der Waals surface area contributed by atoms with Crippen molar-refractivity contribution in [3.63, 3.8) is 0 Å². The summed E-state index contributed by atoms with van der Waals surface area (Å²) in [5.74, 6) is -0.862. The highest BCUT2D eigenvalue weighted by molar-refractivity contribution is 5.94. The molecule has 1 heterocycles. The smallest absolute Gasteiger partial charge is 0.328 e. The first-order valence-corrected chi connectivity index (χ1v) is 8.83. The van der Waals surface area contributed by atoms with E-state index < -0.39 is 23.7 Å². The molecule has 0 radical (unpaired) electrons. The maximum absolute atomic E-state index is 14.2. The van der Waals surface area contributed by atoms with Crippen LogP contribution in [0.25, 0.3) is 6.08 Å². The van der Waals surface area contributed by atoms with Crippen molar-refractivity contribution in [1.82, 2.24) is 10.3 Å². The van der Waals surface area contributed by atoms with Gasteiger partial charge in [-0.3, -0.25) is 9.78 Å². The molecule has 0 saturated heterocycles. The van der Waals surface area contributed by atoms with Gasteiger partial charge in [-0.05, 0) is 48.2 Å². The van der Waals surface area contributed by atoms with E-state index in [0.717, 1.165) is 0 Å². The second-order valence-electron chi connectivity index (χ2n) is 6.53. The van der Waals surface area contributed by atoms with Crippen LogP contribution in [-0.2, 0) is 14.3 Å². The van der Waals surface area contributed by atoms with Crippen LogP contribution in [0.5, 0.6) is 11.5 Å². The molecule has 1 aromatic heterocycles. The number of amides is 1. The summed E-state index contributed by atoms with van der Waals surface area (Å²) in [6, 6.07) is 6.96. The molecule has 148 valence electrons. The molecule has 0 fully saturated rings. The Morgan fingerprint density at radius 1 is 1.29 bits per heavy atom. The fourth-order valence-corrected chi connectivity index (χ4v) is 2.46. The van der Waals surface area contributed by atoms with Crippen molar-refractivity contribution in [3.05, 3.63) is 60.2 Å². The normalized spacial score (nSPS) is 12.0. The monoisotopic (exact) mass is 386 g/mol. The van der Waals surface area contributed by atoms with Gasteiger partial charge in [-0.2, -0.15) is 0 Å². The number of carbonyl (C=O) groups excluding carboxylic acids is 2. The lowest BCUT2D eigenvalue weighted by molar-refractivity contribution is -0.145. The van der Waals surface area contributed by atoms with E-state index in [-0.39, 0.29) is 11.7 Å². The van der Waals surface area contributed by atoms with E-state index in [1.807, 2.05) is 13.8 Å². The predicted octanol–water partition coefficient (Wildman–Crippen LogP) is 3.73. The zero-order chi connectivity index (χ0) is 20.5. The van der Waals surface area contributed by atoms with Crippen molar-refractivity contribution in [1.29, 1.82) is 0 Å². The number of nitrogens with zero attached hydrogens (tertiary/aromatic N) is 1. The lowest BCUT2D eigenvalue weighted by atomic mass is 10.0. The van der Waals surface area contributed by atoms with Gasteiger partial charge < -0.3 is 14.8 Å². The molecule has 0 bridgehead atoms. The van der Waals surface area contributed by atoms with E-state index in [9.17, 15) is 14.0 Å². The Morgan fingerprint density at radius 3 is 2.68 bits per heavy atom. The van der Waals surface area contributed by atoms with Gasteiger partial charge in [0.1, 0.15) is 11.8 Å². The topological polar surface area (TPSA) is 77.5 Å². The molecule has 0 saturated carbocycles. The van der Waals surface area contributed by atoms with Gasteiger partial charge in [0.2, 0.25) is 5.91 Å². The van der Waals surface area contributed by atoms with Crippen LogP contribution in [0.4, 0.5) is 4.39 Å². The van der Waals surface area contributed by atoms with E-state index in [4.69, 9.17) is 9.47 Å². The summed E-state index contributed by atoms with van der Waals surface area (Å²) in [5, 5.41) is 2.60. The van der Waals surface area contributed by atoms with E-state index in [2.05, 4.69) is 10.3 Å². The number of aromatic nitrogens is 1. The van der Waals surface area contributed by atoms with Crippen LogP contribution in [0.1, 0.15) is 25.8 Å². The average Bonchev–Trinajstić information content (AvgIpc) is 2.67. The standard InChI is InChI=1S/C21H23FN2O4/c1-14(2)11-18(21(26)27-3)24-20(25)9-7-15-6-8-19(17(22)12-15)28-16-5-4-10-23-13-16/h4-10,12-14,18H,11H2,1-3H3,(H,24,25)/b9-7+. The van der Waals surface area contributed by atoms with Crippen LogP contribution in [0, 0.1) is 11.7 Å². The Morgan fingerprint density at radius 2 is 2.07 bits per heavy atom. The van der Waals surface area contributed by atoms with Crippen molar-refractivity contribution < 1.29 is 23.5 Å². The van der Waals surface area contributed by atoms with Crippen LogP contribution >= 0.6 is 0 Å². The van der Waals surface area contributed by atoms with Crippen molar-refractivity contribution in [2.75, 3.05) is 7.11 Å². The van der Waals surface area contributed by atoms with Gasteiger partial charge in [-0.25, -0.2) is 9.18 Å². The SMILES string of the molecule is COC(=O)C(CC(C)C)NC(=O)/C=C/c1ccc(Oc2cccnc2)c(F)c1. The molecular formula is C21H23FN2O4. The number of methoxy groups -OCH3 is 1. The first-order valence-electron chi connectivity index (χ1n) is 8.83. The van der Waals surface area contributed by atoms with Gasteiger partial charge in [0.15, 0.2) is 11.6 Å². The van der Waals surface area contributed by atoms with Crippen LogP contribution in [0.3, 0.4) is 0 Å². The zero-order valence-electron chi connectivity index (χ0n) is 16.0. The summed E-state index contributed by atoms with van der Waals surface area (Å²) < 4.78 is 24.4. The second-order valence-corrected chi connectivity index (χ2v) is 6.53. The van der Waals surface area contributed by atoms with Gasteiger partial charge in [0.25, 0.3) is 0 Å². The number of carbonyl (C=O) groups is 2. The first-order chi connectivity index (χ1) is 13.4. The molecule has 2 aromatic rings. The molecule has 7 heteroatoms. The summed E-state index contributed by atoms with van der Waals surface area (Å²) in [6.07, 6.45) is 6.23. The third-order valence-corrected chi connectivity index (χ3v) is 3.75. The van der Waals surface area contributed by atoms with Gasteiger partial charge >= 0.3 is 5.97 Å². The molecule has 28 heavy (non-hydrogen) atoms. The number of ether oxygens (including phenoxy) is 2. The summed E-state index contributed by atoms with van der Waals surface area (Å²) in [7, 11) is 1.27. The average molecular weight is 386 g/mol. The summed E-state index contributed by atoms with van der Waals surface area (Å²) in [5.41, 5.74) is 0.477. The van der Waals surface area contributed by atoms with Crippen molar-refractivity contribution in [3.8, 4) is 11.5 Å². The lowest BCUT2D eigenvalue weighted by Crippen LogP contribution is -2.41. The maximum atomic E-state index is 14.2. The van der Waals surface area contributed by atoms with Gasteiger partial charge in [0.05, 0.1) is 13.3 Å². The number of halogens is 1. The Hall–Kier alpha value is -3.22. The third-order valence-electron chi connectivity index (χ3n) is 3.75. The molecule has 0 aliphatic heterocycles. The molecular weight excluding hydrogens is 363 g/mol. The lowest BCUT2D eigenvalue weighted by Gasteiger charge is -2.17. The molecule has 0 spiro atoms. The van der Waals surface area contributed by atoms with Crippen LogP contribution in [-0.4, -0.2) is 30.0 Å². The molecule has 0 aliphatic rings. The van der Waals surface area contributed by atoms with E-state index in [1.165, 1.54) is 37.6 Å².